The average molecular weight is 373 g/mol. The number of nitrogens with zero attached hydrogens (tertiary/aromatic N) is 3. The molecule has 0 aliphatic heterocycles. The molecular weight excluding hydrogens is 356 g/mol. The van der Waals surface area contributed by atoms with Crippen molar-refractivity contribution in [3.8, 4) is 16.9 Å². The summed E-state index contributed by atoms with van der Waals surface area (Å²) in [6.45, 7) is 0. The van der Waals surface area contributed by atoms with Crippen molar-refractivity contribution in [1.82, 2.24) is 9.78 Å². The number of hydrazone groups is 1. The summed E-state index contributed by atoms with van der Waals surface area (Å²) in [7, 11) is 0. The van der Waals surface area contributed by atoms with Crippen LogP contribution in [0.25, 0.3) is 16.9 Å². The van der Waals surface area contributed by atoms with Gasteiger partial charge in [0.15, 0.2) is 0 Å². The van der Waals surface area contributed by atoms with E-state index >= 15 is 0 Å². The summed E-state index contributed by atoms with van der Waals surface area (Å²) in [5.74, 6) is 0. The SMILES string of the molecule is Clc1ccc(NN=Cc2cn(-c3ccccc3)nc2-c2ccccc2)cc1. The lowest BCUT2D eigenvalue weighted by Crippen LogP contribution is -1.93. The molecule has 0 aliphatic carbocycles. The number of hydrogen-bond acceptors (Lipinski definition) is 3. The molecule has 0 amide bonds. The maximum Gasteiger partial charge on any atom is 0.102 e. The Kier molecular flexibility index (Phi) is 4.99. The van der Waals surface area contributed by atoms with Crippen LogP contribution < -0.4 is 5.43 Å². The van der Waals surface area contributed by atoms with E-state index in [1.54, 1.807) is 6.21 Å². The normalized spacial score (nSPS) is 11.0. The van der Waals surface area contributed by atoms with Gasteiger partial charge in [-0.05, 0) is 36.4 Å². The van der Waals surface area contributed by atoms with Gasteiger partial charge >= 0.3 is 0 Å². The predicted molar refractivity (Wildman–Crippen MR) is 112 cm³/mol. The van der Waals surface area contributed by atoms with Crippen molar-refractivity contribution < 1.29 is 0 Å². The van der Waals surface area contributed by atoms with Crippen LogP contribution in [0.2, 0.25) is 5.02 Å². The Morgan fingerprint density at radius 3 is 2.22 bits per heavy atom. The molecule has 0 fully saturated rings. The van der Waals surface area contributed by atoms with Crippen molar-refractivity contribution in [2.45, 2.75) is 0 Å². The second-order valence-electron chi connectivity index (χ2n) is 5.96. The van der Waals surface area contributed by atoms with E-state index in [2.05, 4.69) is 10.5 Å². The van der Waals surface area contributed by atoms with Gasteiger partial charge in [0.2, 0.25) is 0 Å². The van der Waals surface area contributed by atoms with Crippen molar-refractivity contribution in [2.24, 2.45) is 5.10 Å². The van der Waals surface area contributed by atoms with Gasteiger partial charge in [-0.3, -0.25) is 5.43 Å². The van der Waals surface area contributed by atoms with Crippen LogP contribution >= 0.6 is 11.6 Å². The number of para-hydroxylation sites is 1. The largest absolute Gasteiger partial charge is 0.279 e. The number of rotatable bonds is 5. The third kappa shape index (κ3) is 4.07. The summed E-state index contributed by atoms with van der Waals surface area (Å²) in [4.78, 5) is 0. The van der Waals surface area contributed by atoms with E-state index in [0.717, 1.165) is 28.2 Å². The van der Waals surface area contributed by atoms with Gasteiger partial charge in [-0.2, -0.15) is 10.2 Å². The van der Waals surface area contributed by atoms with Crippen molar-refractivity contribution >= 4 is 23.5 Å². The Bertz CT molecular complexity index is 1040. The van der Waals surface area contributed by atoms with E-state index in [9.17, 15) is 0 Å². The van der Waals surface area contributed by atoms with E-state index in [4.69, 9.17) is 16.7 Å². The van der Waals surface area contributed by atoms with Crippen LogP contribution in [0.5, 0.6) is 0 Å². The molecule has 27 heavy (non-hydrogen) atoms. The van der Waals surface area contributed by atoms with Gasteiger partial charge in [-0.1, -0.05) is 60.1 Å². The first-order chi connectivity index (χ1) is 13.3. The van der Waals surface area contributed by atoms with Crippen LogP contribution in [-0.2, 0) is 0 Å². The van der Waals surface area contributed by atoms with Gasteiger partial charge in [-0.25, -0.2) is 4.68 Å². The number of hydrogen-bond donors (Lipinski definition) is 1. The number of aromatic nitrogens is 2. The van der Waals surface area contributed by atoms with Crippen molar-refractivity contribution in [1.29, 1.82) is 0 Å². The van der Waals surface area contributed by atoms with Crippen LogP contribution in [0.1, 0.15) is 5.56 Å². The van der Waals surface area contributed by atoms with Crippen LogP contribution in [0, 0.1) is 0 Å². The summed E-state index contributed by atoms with van der Waals surface area (Å²) >= 11 is 5.91. The zero-order chi connectivity index (χ0) is 18.5. The third-order valence-electron chi connectivity index (χ3n) is 4.05. The minimum atomic E-state index is 0.694. The summed E-state index contributed by atoms with van der Waals surface area (Å²) in [5.41, 5.74) is 7.73. The molecule has 4 rings (SSSR count). The molecule has 132 valence electrons. The maximum absolute atomic E-state index is 5.91. The summed E-state index contributed by atoms with van der Waals surface area (Å²) in [6, 6.07) is 27.5. The summed E-state index contributed by atoms with van der Waals surface area (Å²) in [6.07, 6.45) is 3.76. The molecule has 0 unspecified atom stereocenters. The molecule has 0 spiro atoms. The molecule has 4 aromatic rings. The highest BCUT2D eigenvalue weighted by atomic mass is 35.5. The minimum absolute atomic E-state index is 0.694. The lowest BCUT2D eigenvalue weighted by atomic mass is 10.1. The molecule has 5 heteroatoms. The Labute approximate surface area is 162 Å². The summed E-state index contributed by atoms with van der Waals surface area (Å²) < 4.78 is 1.87. The quantitative estimate of drug-likeness (QED) is 0.364. The van der Waals surface area contributed by atoms with E-state index in [1.807, 2.05) is 95.8 Å². The fraction of sp³-hybridized carbons (Fsp3) is 0. The number of nitrogens with one attached hydrogen (secondary N) is 1. The van der Waals surface area contributed by atoms with Gasteiger partial charge in [0, 0.05) is 22.3 Å². The monoisotopic (exact) mass is 372 g/mol. The molecule has 1 N–H and O–H groups in total. The molecule has 0 bridgehead atoms. The van der Waals surface area contributed by atoms with E-state index in [-0.39, 0.29) is 0 Å². The molecule has 0 saturated heterocycles. The molecule has 4 nitrogen and oxygen atoms in total. The second kappa shape index (κ2) is 7.89. The van der Waals surface area contributed by atoms with Gasteiger partial charge in [0.1, 0.15) is 5.69 Å². The topological polar surface area (TPSA) is 42.2 Å². The van der Waals surface area contributed by atoms with Crippen molar-refractivity contribution in [3.63, 3.8) is 0 Å². The van der Waals surface area contributed by atoms with Gasteiger partial charge in [0.25, 0.3) is 0 Å². The third-order valence-corrected chi connectivity index (χ3v) is 4.30. The predicted octanol–water partition coefficient (Wildman–Crippen LogP) is 5.64. The average Bonchev–Trinajstić information content (AvgIpc) is 3.15. The van der Waals surface area contributed by atoms with Crippen LogP contribution in [0.4, 0.5) is 5.69 Å². The smallest absolute Gasteiger partial charge is 0.102 e. The summed E-state index contributed by atoms with van der Waals surface area (Å²) in [5, 5.41) is 9.83. The minimum Gasteiger partial charge on any atom is -0.279 e. The highest BCUT2D eigenvalue weighted by Crippen LogP contribution is 2.22. The van der Waals surface area contributed by atoms with Crippen LogP contribution in [0.3, 0.4) is 0 Å². The molecule has 0 atom stereocenters. The van der Waals surface area contributed by atoms with Crippen LogP contribution in [0.15, 0.2) is 96.2 Å². The molecule has 1 aromatic heterocycles. The Hall–Kier alpha value is -3.37. The number of halogens is 1. The van der Waals surface area contributed by atoms with Gasteiger partial charge < -0.3 is 0 Å². The molecular formula is C22H17ClN4. The van der Waals surface area contributed by atoms with Crippen molar-refractivity contribution in [3.05, 3.63) is 102 Å². The van der Waals surface area contributed by atoms with E-state index in [1.165, 1.54) is 0 Å². The van der Waals surface area contributed by atoms with E-state index < -0.39 is 0 Å². The second-order valence-corrected chi connectivity index (χ2v) is 6.39. The van der Waals surface area contributed by atoms with Crippen LogP contribution in [-0.4, -0.2) is 16.0 Å². The molecule has 0 aliphatic rings. The zero-order valence-electron chi connectivity index (χ0n) is 14.5. The molecule has 3 aromatic carbocycles. The highest BCUT2D eigenvalue weighted by Gasteiger charge is 2.10. The van der Waals surface area contributed by atoms with E-state index in [0.29, 0.717) is 5.02 Å². The first kappa shape index (κ1) is 17.1. The highest BCUT2D eigenvalue weighted by molar-refractivity contribution is 6.30. The molecule has 0 radical (unpaired) electrons. The fourth-order valence-electron chi connectivity index (χ4n) is 2.72. The number of benzene rings is 3. The first-order valence-electron chi connectivity index (χ1n) is 8.55. The van der Waals surface area contributed by atoms with Gasteiger partial charge in [0.05, 0.1) is 17.6 Å². The standard InChI is InChI=1S/C22H17ClN4/c23-19-11-13-20(14-12-19)25-24-15-18-16-27(21-9-5-2-6-10-21)26-22(18)17-7-3-1-4-8-17/h1-16,25H. The molecule has 1 heterocycles. The zero-order valence-corrected chi connectivity index (χ0v) is 15.2. The van der Waals surface area contributed by atoms with Crippen molar-refractivity contribution in [2.75, 3.05) is 5.43 Å². The lowest BCUT2D eigenvalue weighted by Gasteiger charge is -2.00. The first-order valence-corrected chi connectivity index (χ1v) is 8.92. The van der Waals surface area contributed by atoms with Gasteiger partial charge in [-0.15, -0.1) is 0 Å². The Morgan fingerprint density at radius 1 is 0.852 bits per heavy atom. The maximum atomic E-state index is 5.91. The lowest BCUT2D eigenvalue weighted by molar-refractivity contribution is 0.884. The Morgan fingerprint density at radius 2 is 1.52 bits per heavy atom. The fourth-order valence-corrected chi connectivity index (χ4v) is 2.84. The number of anilines is 1. The Balaban J connectivity index is 1.66. The molecule has 0 saturated carbocycles.